The van der Waals surface area contributed by atoms with E-state index in [9.17, 15) is 4.79 Å². The molecule has 1 aromatic carbocycles. The summed E-state index contributed by atoms with van der Waals surface area (Å²) in [7, 11) is 0. The first kappa shape index (κ1) is 16.1. The van der Waals surface area contributed by atoms with Crippen molar-refractivity contribution in [1.29, 1.82) is 0 Å². The number of imidazole rings is 1. The van der Waals surface area contributed by atoms with Crippen LogP contribution in [-0.2, 0) is 24.4 Å². The molecule has 3 heterocycles. The Morgan fingerprint density at radius 2 is 1.92 bits per heavy atom. The monoisotopic (exact) mass is 340 g/mol. The molecule has 0 bridgehead atoms. The van der Waals surface area contributed by atoms with E-state index in [2.05, 4.69) is 39.5 Å². The fourth-order valence-corrected chi connectivity index (χ4v) is 3.45. The van der Waals surface area contributed by atoms with Gasteiger partial charge < -0.3 is 19.5 Å². The van der Waals surface area contributed by atoms with Crippen molar-refractivity contribution in [2.24, 2.45) is 0 Å². The standard InChI is InChI=1S/C19H24N4O2/c24-19(17-13-23-10-11-25-14-18(23)21-17)20-12-15-4-6-16(7-5-15)22-8-2-1-3-9-22/h4-7,13H,1-3,8-12,14H2,(H,20,24). The summed E-state index contributed by atoms with van der Waals surface area (Å²) < 4.78 is 7.35. The molecule has 1 N–H and O–H groups in total. The zero-order valence-electron chi connectivity index (χ0n) is 14.4. The Labute approximate surface area is 147 Å². The normalized spacial score (nSPS) is 17.2. The van der Waals surface area contributed by atoms with Crippen LogP contribution in [0.1, 0.15) is 41.1 Å². The summed E-state index contributed by atoms with van der Waals surface area (Å²) in [6, 6.07) is 8.49. The van der Waals surface area contributed by atoms with Gasteiger partial charge in [0.15, 0.2) is 0 Å². The third kappa shape index (κ3) is 3.69. The maximum atomic E-state index is 12.3. The molecule has 132 valence electrons. The van der Waals surface area contributed by atoms with Crippen LogP contribution in [0.3, 0.4) is 0 Å². The second-order valence-electron chi connectivity index (χ2n) is 6.69. The quantitative estimate of drug-likeness (QED) is 0.928. The highest BCUT2D eigenvalue weighted by Gasteiger charge is 2.17. The molecule has 6 heteroatoms. The molecule has 0 saturated carbocycles. The van der Waals surface area contributed by atoms with E-state index in [1.54, 1.807) is 0 Å². The van der Waals surface area contributed by atoms with Crippen molar-refractivity contribution in [3.05, 3.63) is 47.5 Å². The number of carbonyl (C=O) groups is 1. The minimum absolute atomic E-state index is 0.137. The molecule has 1 amide bonds. The summed E-state index contributed by atoms with van der Waals surface area (Å²) in [5.74, 6) is 0.685. The smallest absolute Gasteiger partial charge is 0.271 e. The Bertz CT molecular complexity index is 709. The van der Waals surface area contributed by atoms with Crippen molar-refractivity contribution in [2.45, 2.75) is 39.0 Å². The van der Waals surface area contributed by atoms with E-state index in [-0.39, 0.29) is 5.91 Å². The molecule has 1 aromatic heterocycles. The van der Waals surface area contributed by atoms with Gasteiger partial charge in [-0.05, 0) is 37.0 Å². The van der Waals surface area contributed by atoms with E-state index in [1.807, 2.05) is 10.8 Å². The molecule has 2 aliphatic heterocycles. The highest BCUT2D eigenvalue weighted by molar-refractivity contribution is 5.92. The van der Waals surface area contributed by atoms with Crippen LogP contribution in [0.15, 0.2) is 30.5 Å². The molecule has 0 unspecified atom stereocenters. The molecule has 2 aromatic rings. The van der Waals surface area contributed by atoms with Crippen LogP contribution in [0.25, 0.3) is 0 Å². The van der Waals surface area contributed by atoms with Gasteiger partial charge in [0, 0.05) is 38.1 Å². The molecule has 25 heavy (non-hydrogen) atoms. The number of benzene rings is 1. The van der Waals surface area contributed by atoms with Gasteiger partial charge in [-0.2, -0.15) is 0 Å². The summed E-state index contributed by atoms with van der Waals surface area (Å²) in [6.45, 7) is 4.71. The van der Waals surface area contributed by atoms with Crippen LogP contribution in [0, 0.1) is 0 Å². The fourth-order valence-electron chi connectivity index (χ4n) is 3.45. The number of nitrogens with zero attached hydrogens (tertiary/aromatic N) is 3. The average Bonchev–Trinajstić information content (AvgIpc) is 3.11. The predicted octanol–water partition coefficient (Wildman–Crippen LogP) is 2.33. The first-order valence-electron chi connectivity index (χ1n) is 9.05. The van der Waals surface area contributed by atoms with Crippen LogP contribution < -0.4 is 10.2 Å². The van der Waals surface area contributed by atoms with Crippen LogP contribution >= 0.6 is 0 Å². The lowest BCUT2D eigenvalue weighted by Gasteiger charge is -2.28. The highest BCUT2D eigenvalue weighted by Crippen LogP contribution is 2.20. The van der Waals surface area contributed by atoms with Gasteiger partial charge in [-0.3, -0.25) is 4.79 Å². The molecule has 6 nitrogen and oxygen atoms in total. The Hall–Kier alpha value is -2.34. The van der Waals surface area contributed by atoms with Gasteiger partial charge in [0.25, 0.3) is 5.91 Å². The summed E-state index contributed by atoms with van der Waals surface area (Å²) in [5, 5.41) is 2.95. The molecule has 1 saturated heterocycles. The van der Waals surface area contributed by atoms with Gasteiger partial charge in [0.2, 0.25) is 0 Å². The minimum Gasteiger partial charge on any atom is -0.372 e. The second-order valence-corrected chi connectivity index (χ2v) is 6.69. The van der Waals surface area contributed by atoms with Gasteiger partial charge in [-0.1, -0.05) is 12.1 Å². The lowest BCUT2D eigenvalue weighted by Crippen LogP contribution is -2.29. The Morgan fingerprint density at radius 3 is 2.68 bits per heavy atom. The van der Waals surface area contributed by atoms with Crippen LogP contribution in [-0.4, -0.2) is 35.2 Å². The van der Waals surface area contributed by atoms with E-state index < -0.39 is 0 Å². The molecule has 1 fully saturated rings. The van der Waals surface area contributed by atoms with Crippen LogP contribution in [0.4, 0.5) is 5.69 Å². The number of piperidine rings is 1. The number of hydrogen-bond donors (Lipinski definition) is 1. The van der Waals surface area contributed by atoms with Gasteiger partial charge in [-0.25, -0.2) is 4.98 Å². The number of carbonyl (C=O) groups excluding carboxylic acids is 1. The highest BCUT2D eigenvalue weighted by atomic mass is 16.5. The first-order valence-corrected chi connectivity index (χ1v) is 9.05. The van der Waals surface area contributed by atoms with E-state index in [4.69, 9.17) is 4.74 Å². The van der Waals surface area contributed by atoms with E-state index in [1.165, 1.54) is 24.9 Å². The van der Waals surface area contributed by atoms with Crippen molar-refractivity contribution < 1.29 is 9.53 Å². The third-order valence-corrected chi connectivity index (χ3v) is 4.91. The molecular formula is C19H24N4O2. The minimum atomic E-state index is -0.137. The average molecular weight is 340 g/mol. The molecule has 0 radical (unpaired) electrons. The van der Waals surface area contributed by atoms with Crippen molar-refractivity contribution in [2.75, 3.05) is 24.6 Å². The number of nitrogens with one attached hydrogen (secondary N) is 1. The second kappa shape index (κ2) is 7.27. The Morgan fingerprint density at radius 1 is 1.12 bits per heavy atom. The predicted molar refractivity (Wildman–Crippen MR) is 95.6 cm³/mol. The zero-order chi connectivity index (χ0) is 17.1. The summed E-state index contributed by atoms with van der Waals surface area (Å²) in [6.07, 6.45) is 5.70. The maximum absolute atomic E-state index is 12.3. The largest absolute Gasteiger partial charge is 0.372 e. The Kier molecular flexibility index (Phi) is 4.70. The van der Waals surface area contributed by atoms with Gasteiger partial charge >= 0.3 is 0 Å². The number of hydrogen-bond acceptors (Lipinski definition) is 4. The van der Waals surface area contributed by atoms with Crippen molar-refractivity contribution >= 4 is 11.6 Å². The summed E-state index contributed by atoms with van der Waals surface area (Å²) >= 11 is 0. The third-order valence-electron chi connectivity index (χ3n) is 4.91. The van der Waals surface area contributed by atoms with Crippen LogP contribution in [0.2, 0.25) is 0 Å². The molecule has 0 atom stereocenters. The molecular weight excluding hydrogens is 316 g/mol. The number of ether oxygens (including phenoxy) is 1. The fraction of sp³-hybridized carbons (Fsp3) is 0.474. The topological polar surface area (TPSA) is 59.4 Å². The number of aromatic nitrogens is 2. The molecule has 0 spiro atoms. The van der Waals surface area contributed by atoms with Gasteiger partial charge in [-0.15, -0.1) is 0 Å². The number of anilines is 1. The SMILES string of the molecule is O=C(NCc1ccc(N2CCCCC2)cc1)c1cn2c(n1)COCC2. The lowest BCUT2D eigenvalue weighted by atomic mass is 10.1. The molecule has 4 rings (SSSR count). The van der Waals surface area contributed by atoms with Crippen molar-refractivity contribution in [1.82, 2.24) is 14.9 Å². The zero-order valence-corrected chi connectivity index (χ0v) is 14.4. The summed E-state index contributed by atoms with van der Waals surface area (Å²) in [4.78, 5) is 19.1. The molecule has 2 aliphatic rings. The van der Waals surface area contributed by atoms with E-state index in [0.29, 0.717) is 25.5 Å². The maximum Gasteiger partial charge on any atom is 0.271 e. The Balaban J connectivity index is 1.34. The van der Waals surface area contributed by atoms with Crippen molar-refractivity contribution in [3.8, 4) is 0 Å². The number of fused-ring (bicyclic) bond motifs is 1. The number of rotatable bonds is 4. The molecule has 0 aliphatic carbocycles. The van der Waals surface area contributed by atoms with Crippen molar-refractivity contribution in [3.63, 3.8) is 0 Å². The van der Waals surface area contributed by atoms with E-state index >= 15 is 0 Å². The van der Waals surface area contributed by atoms with Gasteiger partial charge in [0.1, 0.15) is 18.1 Å². The van der Waals surface area contributed by atoms with Gasteiger partial charge in [0.05, 0.1) is 6.61 Å². The lowest BCUT2D eigenvalue weighted by molar-refractivity contribution is 0.0816. The number of amides is 1. The van der Waals surface area contributed by atoms with E-state index in [0.717, 1.165) is 31.0 Å². The summed E-state index contributed by atoms with van der Waals surface area (Å²) in [5.41, 5.74) is 2.84. The first-order chi connectivity index (χ1) is 12.3. The van der Waals surface area contributed by atoms with Crippen LogP contribution in [0.5, 0.6) is 0 Å².